The highest BCUT2D eigenvalue weighted by molar-refractivity contribution is 8.03. The molecule has 0 radical (unpaired) electrons. The van der Waals surface area contributed by atoms with Crippen LogP contribution in [0.4, 0.5) is 17.1 Å². The smallest absolute Gasteiger partial charge is 0.0462 e. The van der Waals surface area contributed by atoms with Crippen molar-refractivity contribution in [3.05, 3.63) is 225 Å². The Morgan fingerprint density at radius 2 is 0.759 bits per heavy atom. The number of thiophene rings is 2. The summed E-state index contributed by atoms with van der Waals surface area (Å²) in [7, 11) is 0. The molecular weight excluding hydrogens is 759 g/mol. The molecule has 1 atom stereocenters. The van der Waals surface area contributed by atoms with Crippen molar-refractivity contribution in [1.29, 1.82) is 0 Å². The monoisotopic (exact) mass is 799 g/mol. The second-order valence-corrected chi connectivity index (χ2v) is 17.3. The first kappa shape index (κ1) is 37.4. The van der Waals surface area contributed by atoms with E-state index in [-0.39, 0.29) is 0 Å². The minimum Gasteiger partial charge on any atom is -0.311 e. The van der Waals surface area contributed by atoms with E-state index in [0.29, 0.717) is 5.25 Å². The average Bonchev–Trinajstić information content (AvgIpc) is 4.12. The third-order valence-corrected chi connectivity index (χ3v) is 13.0. The summed E-state index contributed by atoms with van der Waals surface area (Å²) in [6.45, 7) is 0. The largest absolute Gasteiger partial charge is 0.311 e. The van der Waals surface area contributed by atoms with E-state index in [0.717, 1.165) is 23.5 Å². The van der Waals surface area contributed by atoms with E-state index in [1.54, 1.807) is 22.7 Å². The molecule has 0 saturated carbocycles. The summed E-state index contributed by atoms with van der Waals surface area (Å²) < 4.78 is 0. The molecule has 6 aromatic carbocycles. The third kappa shape index (κ3) is 9.17. The lowest BCUT2D eigenvalue weighted by atomic mass is 10.0. The molecule has 1 aliphatic rings. The molecule has 1 unspecified atom stereocenters. The molecular formula is C54H41NS3. The van der Waals surface area contributed by atoms with Gasteiger partial charge in [-0.05, 0) is 133 Å². The van der Waals surface area contributed by atoms with E-state index in [4.69, 9.17) is 0 Å². The van der Waals surface area contributed by atoms with Crippen molar-refractivity contribution in [1.82, 2.24) is 0 Å². The first-order valence-corrected chi connectivity index (χ1v) is 22.2. The summed E-state index contributed by atoms with van der Waals surface area (Å²) in [6.07, 6.45) is 16.6. The maximum absolute atomic E-state index is 2.35. The zero-order chi connectivity index (χ0) is 38.9. The summed E-state index contributed by atoms with van der Waals surface area (Å²) >= 11 is 5.39. The number of hydrogen-bond acceptors (Lipinski definition) is 4. The third-order valence-electron chi connectivity index (χ3n) is 10.3. The van der Waals surface area contributed by atoms with Crippen molar-refractivity contribution in [2.75, 3.05) is 4.90 Å². The molecule has 0 amide bonds. The minimum absolute atomic E-state index is 0.550. The van der Waals surface area contributed by atoms with Crippen LogP contribution in [0, 0.1) is 0 Å². The summed E-state index contributed by atoms with van der Waals surface area (Å²) in [5.74, 6) is 0. The highest BCUT2D eigenvalue weighted by Crippen LogP contribution is 2.38. The van der Waals surface area contributed by atoms with Gasteiger partial charge in [0.25, 0.3) is 0 Å². The van der Waals surface area contributed by atoms with Crippen molar-refractivity contribution in [3.63, 3.8) is 0 Å². The molecule has 58 heavy (non-hydrogen) atoms. The summed E-state index contributed by atoms with van der Waals surface area (Å²) in [5.41, 5.74) is 14.1. The van der Waals surface area contributed by atoms with Gasteiger partial charge in [0.2, 0.25) is 0 Å². The number of anilines is 3. The van der Waals surface area contributed by atoms with Crippen LogP contribution in [-0.2, 0) is 0 Å². The number of thioether (sulfide) groups is 1. The number of rotatable bonds is 12. The van der Waals surface area contributed by atoms with Crippen LogP contribution in [-0.4, -0.2) is 5.25 Å². The lowest BCUT2D eigenvalue weighted by Gasteiger charge is -2.26. The fourth-order valence-corrected chi connectivity index (χ4v) is 9.14. The molecule has 0 saturated heterocycles. The predicted octanol–water partition coefficient (Wildman–Crippen LogP) is 16.7. The Morgan fingerprint density at radius 1 is 0.397 bits per heavy atom. The molecule has 280 valence electrons. The van der Waals surface area contributed by atoms with E-state index in [1.807, 2.05) is 11.8 Å². The van der Waals surface area contributed by atoms with Crippen LogP contribution in [0.25, 0.3) is 63.8 Å². The Hall–Kier alpha value is -6.17. The van der Waals surface area contributed by atoms with Gasteiger partial charge in [-0.3, -0.25) is 0 Å². The summed E-state index contributed by atoms with van der Waals surface area (Å²) in [5, 5.41) is 6.97. The van der Waals surface area contributed by atoms with E-state index >= 15 is 0 Å². The topological polar surface area (TPSA) is 3.24 Å². The van der Waals surface area contributed by atoms with Gasteiger partial charge in [0, 0.05) is 32.1 Å². The van der Waals surface area contributed by atoms with E-state index in [2.05, 4.69) is 233 Å². The average molecular weight is 800 g/mol. The maximum Gasteiger partial charge on any atom is 0.0462 e. The first-order chi connectivity index (χ1) is 28.7. The molecule has 0 spiro atoms. The fourth-order valence-electron chi connectivity index (χ4n) is 7.09. The molecule has 4 heteroatoms. The highest BCUT2D eigenvalue weighted by atomic mass is 32.2. The Balaban J connectivity index is 0.968. The van der Waals surface area contributed by atoms with E-state index in [1.165, 1.54) is 59.8 Å². The van der Waals surface area contributed by atoms with Crippen LogP contribution in [0.3, 0.4) is 0 Å². The molecule has 8 aromatic rings. The number of allylic oxidation sites excluding steroid dienone is 1. The predicted molar refractivity (Wildman–Crippen MR) is 258 cm³/mol. The van der Waals surface area contributed by atoms with Crippen LogP contribution in [0.2, 0.25) is 0 Å². The van der Waals surface area contributed by atoms with Gasteiger partial charge in [0.1, 0.15) is 0 Å². The van der Waals surface area contributed by atoms with Gasteiger partial charge < -0.3 is 4.90 Å². The molecule has 1 aliphatic heterocycles. The second kappa shape index (κ2) is 18.0. The van der Waals surface area contributed by atoms with E-state index < -0.39 is 0 Å². The number of benzene rings is 6. The standard InChI is InChI=1S/C54H41NS3/c1-4-52(56-37-1)34-13-40-7-16-43(17-8-40)46-22-28-49(29-23-46)55(50-30-24-47(25-31-50)44-18-9-41(10-19-44)14-35-53-5-2-38-57-53)51-32-26-48(27-33-51)45-20-11-42(12-21-45)15-36-54-6-3-39-58-54/h1-5,7-39,54H,6H2/b34-13+,35-14+,36-15+. The van der Waals surface area contributed by atoms with Crippen LogP contribution in [0.1, 0.15) is 32.9 Å². The van der Waals surface area contributed by atoms with Gasteiger partial charge in [0.05, 0.1) is 0 Å². The Labute approximate surface area is 354 Å². The number of hydrogen-bond donors (Lipinski definition) is 0. The molecule has 2 aromatic heterocycles. The molecule has 3 heterocycles. The van der Waals surface area contributed by atoms with Crippen LogP contribution < -0.4 is 4.90 Å². The van der Waals surface area contributed by atoms with Gasteiger partial charge in [-0.1, -0.05) is 152 Å². The van der Waals surface area contributed by atoms with Crippen molar-refractivity contribution in [3.8, 4) is 33.4 Å². The Morgan fingerprint density at radius 3 is 1.09 bits per heavy atom. The van der Waals surface area contributed by atoms with Crippen molar-refractivity contribution >= 4 is 81.9 Å². The highest BCUT2D eigenvalue weighted by Gasteiger charge is 2.14. The van der Waals surface area contributed by atoms with Crippen molar-refractivity contribution < 1.29 is 0 Å². The molecule has 0 fully saturated rings. The lowest BCUT2D eigenvalue weighted by molar-refractivity contribution is 1.10. The molecule has 0 bridgehead atoms. The van der Waals surface area contributed by atoms with Crippen molar-refractivity contribution in [2.45, 2.75) is 11.7 Å². The quantitative estimate of drug-likeness (QED) is 0.121. The van der Waals surface area contributed by atoms with Gasteiger partial charge in [-0.15, -0.1) is 34.4 Å². The van der Waals surface area contributed by atoms with Gasteiger partial charge >= 0.3 is 0 Å². The van der Waals surface area contributed by atoms with E-state index in [9.17, 15) is 0 Å². The molecule has 1 nitrogen and oxygen atoms in total. The first-order valence-electron chi connectivity index (χ1n) is 19.5. The maximum atomic E-state index is 2.35. The minimum atomic E-state index is 0.550. The fraction of sp³-hybridized carbons (Fsp3) is 0.0370. The Bertz CT molecular complexity index is 2510. The van der Waals surface area contributed by atoms with Crippen molar-refractivity contribution in [2.24, 2.45) is 0 Å². The van der Waals surface area contributed by atoms with Gasteiger partial charge in [-0.2, -0.15) is 0 Å². The zero-order valence-electron chi connectivity index (χ0n) is 31.9. The zero-order valence-corrected chi connectivity index (χ0v) is 34.3. The molecule has 0 aliphatic carbocycles. The van der Waals surface area contributed by atoms with Gasteiger partial charge in [-0.25, -0.2) is 0 Å². The molecule has 9 rings (SSSR count). The summed E-state index contributed by atoms with van der Waals surface area (Å²) in [4.78, 5) is 4.86. The number of nitrogens with zero attached hydrogens (tertiary/aromatic N) is 1. The normalized spacial score (nSPS) is 14.0. The van der Waals surface area contributed by atoms with Crippen LogP contribution in [0.5, 0.6) is 0 Å². The van der Waals surface area contributed by atoms with Gasteiger partial charge in [0.15, 0.2) is 0 Å². The second-order valence-electron chi connectivity index (χ2n) is 14.2. The Kier molecular flexibility index (Phi) is 11.6. The lowest BCUT2D eigenvalue weighted by Crippen LogP contribution is -2.09. The van der Waals surface area contributed by atoms with Crippen LogP contribution in [0.15, 0.2) is 198 Å². The SMILES string of the molecule is C1=CSC(/C=C/c2ccc(-c3ccc(N(c4ccc(-c5ccc(/C=C/c6cccs6)cc5)cc4)c4ccc(-c5ccc(/C=C/c6cccs6)cc5)cc4)cc3)cc2)C1. The van der Waals surface area contributed by atoms with Crippen LogP contribution >= 0.6 is 34.4 Å². The molecule has 0 N–H and O–H groups in total. The summed E-state index contributed by atoms with van der Waals surface area (Å²) in [6, 6.07) is 61.7.